The topological polar surface area (TPSA) is 39.2 Å². The molecule has 178 valence electrons. The summed E-state index contributed by atoms with van der Waals surface area (Å²) in [6, 6.07) is 21.5. The minimum atomic E-state index is -0.773. The molecule has 1 amide bonds. The Morgan fingerprint density at radius 2 is 1.77 bits per heavy atom. The number of benzene rings is 3. The summed E-state index contributed by atoms with van der Waals surface area (Å²) in [5.41, 5.74) is 4.22. The van der Waals surface area contributed by atoms with Crippen LogP contribution in [0.2, 0.25) is 10.0 Å². The monoisotopic (exact) mass is 568 g/mol. The third-order valence-corrected chi connectivity index (χ3v) is 8.46. The van der Waals surface area contributed by atoms with Crippen molar-refractivity contribution in [3.05, 3.63) is 86.8 Å². The van der Waals surface area contributed by atoms with Crippen molar-refractivity contribution >= 4 is 67.8 Å². The lowest BCUT2D eigenvalue weighted by atomic mass is 9.67. The number of carbonyl (C=O) groups is 1. The van der Waals surface area contributed by atoms with Crippen LogP contribution in [0.15, 0.2) is 76.3 Å². The number of hydrogen-bond acceptors (Lipinski definition) is 4. The Morgan fingerprint density at radius 1 is 0.971 bits per heavy atom. The molecular formula is C27H23BrCl2N4O. The van der Waals surface area contributed by atoms with Crippen LogP contribution >= 0.6 is 39.1 Å². The average Bonchev–Trinajstić information content (AvgIpc) is 3.09. The van der Waals surface area contributed by atoms with Gasteiger partial charge in [-0.3, -0.25) is 4.79 Å². The van der Waals surface area contributed by atoms with E-state index in [1.165, 1.54) is 5.69 Å². The molecule has 0 saturated carbocycles. The number of piperazine rings is 1. The number of nitrogens with zero attached hydrogens (tertiary/aromatic N) is 4. The van der Waals surface area contributed by atoms with E-state index in [1.807, 2.05) is 37.3 Å². The van der Waals surface area contributed by atoms with Gasteiger partial charge < -0.3 is 9.80 Å². The predicted molar refractivity (Wildman–Crippen MR) is 147 cm³/mol. The Hall–Kier alpha value is -2.54. The quantitative estimate of drug-likeness (QED) is 0.357. The third-order valence-electron chi connectivity index (χ3n) is 7.48. The van der Waals surface area contributed by atoms with E-state index in [0.717, 1.165) is 40.2 Å². The Labute approximate surface area is 223 Å². The van der Waals surface area contributed by atoms with Crippen LogP contribution in [0.25, 0.3) is 0 Å². The zero-order valence-corrected chi connectivity index (χ0v) is 22.2. The molecule has 0 N–H and O–H groups in total. The number of rotatable bonds is 2. The van der Waals surface area contributed by atoms with Crippen LogP contribution in [0, 0.1) is 5.41 Å². The molecule has 0 aromatic heterocycles. The van der Waals surface area contributed by atoms with Crippen LogP contribution in [-0.4, -0.2) is 37.3 Å². The maximum Gasteiger partial charge on any atom is 0.261 e. The molecule has 1 fully saturated rings. The highest BCUT2D eigenvalue weighted by molar-refractivity contribution is 9.10. The normalized spacial score (nSPS) is 23.4. The molecule has 3 aliphatic heterocycles. The highest BCUT2D eigenvalue weighted by atomic mass is 79.9. The van der Waals surface area contributed by atoms with Gasteiger partial charge in [0, 0.05) is 45.5 Å². The van der Waals surface area contributed by atoms with E-state index >= 15 is 0 Å². The highest BCUT2D eigenvalue weighted by Crippen LogP contribution is 2.49. The Balaban J connectivity index is 1.46. The van der Waals surface area contributed by atoms with Gasteiger partial charge in [0.15, 0.2) is 0 Å². The second kappa shape index (κ2) is 8.54. The number of hydrogen-bond donors (Lipinski definition) is 0. The summed E-state index contributed by atoms with van der Waals surface area (Å²) in [5.74, 6) is 0.00546. The van der Waals surface area contributed by atoms with Gasteiger partial charge in [0.2, 0.25) is 0 Å². The Bertz CT molecular complexity index is 1360. The summed E-state index contributed by atoms with van der Waals surface area (Å²) in [6.45, 7) is 4.33. The molecule has 0 bridgehead atoms. The van der Waals surface area contributed by atoms with Crippen LogP contribution in [0.3, 0.4) is 0 Å². The van der Waals surface area contributed by atoms with Crippen molar-refractivity contribution in [1.29, 1.82) is 0 Å². The van der Waals surface area contributed by atoms with Crippen LogP contribution in [0.1, 0.15) is 12.5 Å². The predicted octanol–water partition coefficient (Wildman–Crippen LogP) is 6.42. The van der Waals surface area contributed by atoms with Crippen molar-refractivity contribution in [3.63, 3.8) is 0 Å². The number of carbonyl (C=O) groups excluding carboxylic acids is 1. The average molecular weight is 570 g/mol. The summed E-state index contributed by atoms with van der Waals surface area (Å²) in [4.78, 5) is 19.1. The number of hydrazone groups is 1. The second-order valence-electron chi connectivity index (χ2n) is 9.34. The Kier molecular flexibility index (Phi) is 5.59. The second-order valence-corrected chi connectivity index (χ2v) is 11.1. The number of anilines is 3. The summed E-state index contributed by atoms with van der Waals surface area (Å²) in [5, 5.41) is 7.72. The van der Waals surface area contributed by atoms with Crippen LogP contribution in [0.5, 0.6) is 0 Å². The third kappa shape index (κ3) is 3.65. The lowest BCUT2D eigenvalue weighted by Gasteiger charge is -2.53. The van der Waals surface area contributed by atoms with Crippen molar-refractivity contribution in [2.75, 3.05) is 34.4 Å². The van der Waals surface area contributed by atoms with Crippen LogP contribution in [0.4, 0.5) is 17.1 Å². The van der Waals surface area contributed by atoms with Crippen LogP contribution < -0.4 is 14.8 Å². The summed E-state index contributed by atoms with van der Waals surface area (Å²) in [6.07, 6.45) is 0.602. The van der Waals surface area contributed by atoms with Gasteiger partial charge in [-0.05, 0) is 79.6 Å². The van der Waals surface area contributed by atoms with Crippen molar-refractivity contribution in [3.8, 4) is 0 Å². The lowest BCUT2D eigenvalue weighted by Crippen LogP contribution is -2.67. The molecule has 3 aromatic carbocycles. The van der Waals surface area contributed by atoms with Gasteiger partial charge in [0.05, 0.1) is 17.4 Å². The first-order valence-corrected chi connectivity index (χ1v) is 13.1. The number of fused-ring (bicyclic) bond motifs is 4. The molecule has 2 atom stereocenters. The highest BCUT2D eigenvalue weighted by Gasteiger charge is 2.60. The first-order chi connectivity index (χ1) is 16.9. The molecule has 6 rings (SSSR count). The van der Waals surface area contributed by atoms with Crippen molar-refractivity contribution < 1.29 is 4.79 Å². The molecular weight excluding hydrogens is 547 g/mol. The van der Waals surface area contributed by atoms with E-state index in [2.05, 4.69) is 50.0 Å². The summed E-state index contributed by atoms with van der Waals surface area (Å²) in [7, 11) is 0. The van der Waals surface area contributed by atoms with E-state index < -0.39 is 5.41 Å². The van der Waals surface area contributed by atoms with E-state index in [0.29, 0.717) is 23.0 Å². The van der Waals surface area contributed by atoms with Gasteiger partial charge in [-0.15, -0.1) is 0 Å². The van der Waals surface area contributed by atoms with E-state index in [9.17, 15) is 4.79 Å². The van der Waals surface area contributed by atoms with Gasteiger partial charge >= 0.3 is 0 Å². The van der Waals surface area contributed by atoms with Gasteiger partial charge in [0.25, 0.3) is 5.91 Å². The first-order valence-electron chi connectivity index (χ1n) is 11.6. The minimum absolute atomic E-state index is 0.00546. The van der Waals surface area contributed by atoms with Crippen molar-refractivity contribution in [2.24, 2.45) is 10.5 Å². The molecule has 0 radical (unpaired) electrons. The smallest absolute Gasteiger partial charge is 0.261 e. The largest absolute Gasteiger partial charge is 0.368 e. The molecule has 1 spiro atoms. The fourth-order valence-corrected chi connectivity index (χ4v) is 6.49. The molecule has 3 heterocycles. The molecule has 3 aromatic rings. The molecule has 0 unspecified atom stereocenters. The Morgan fingerprint density at radius 3 is 2.54 bits per heavy atom. The fourth-order valence-electron chi connectivity index (χ4n) is 5.77. The molecule has 3 aliphatic rings. The van der Waals surface area contributed by atoms with Gasteiger partial charge in [0.1, 0.15) is 5.41 Å². The lowest BCUT2D eigenvalue weighted by molar-refractivity contribution is -0.125. The number of amides is 1. The molecule has 1 saturated heterocycles. The minimum Gasteiger partial charge on any atom is -0.368 e. The maximum absolute atomic E-state index is 14.3. The van der Waals surface area contributed by atoms with Gasteiger partial charge in [-0.2, -0.15) is 10.1 Å². The van der Waals surface area contributed by atoms with E-state index in [1.54, 1.807) is 17.1 Å². The molecule has 35 heavy (non-hydrogen) atoms. The zero-order valence-electron chi connectivity index (χ0n) is 19.1. The van der Waals surface area contributed by atoms with E-state index in [4.69, 9.17) is 28.3 Å². The maximum atomic E-state index is 14.3. The van der Waals surface area contributed by atoms with Gasteiger partial charge in [-0.1, -0.05) is 45.2 Å². The van der Waals surface area contributed by atoms with Crippen LogP contribution in [-0.2, 0) is 11.2 Å². The number of halogens is 3. The van der Waals surface area contributed by atoms with Gasteiger partial charge in [-0.25, -0.2) is 0 Å². The first kappa shape index (κ1) is 22.9. The molecule has 5 nitrogen and oxygen atoms in total. The van der Waals surface area contributed by atoms with Crippen molar-refractivity contribution in [2.45, 2.75) is 19.4 Å². The summed E-state index contributed by atoms with van der Waals surface area (Å²) >= 11 is 16.1. The molecule has 8 heteroatoms. The van der Waals surface area contributed by atoms with Crippen molar-refractivity contribution in [1.82, 2.24) is 0 Å². The SMILES string of the molecule is CC1=NN(c2ccc(Cl)cc2)C(=O)[C@@]12Cc1cc(Br)ccc1N1CCN(c3cccc(Cl)c3)C[C@H]12. The summed E-state index contributed by atoms with van der Waals surface area (Å²) < 4.78 is 1.01. The van der Waals surface area contributed by atoms with E-state index in [-0.39, 0.29) is 11.9 Å². The standard InChI is InChI=1S/C27H23BrCl2N4O/c1-17-27(26(35)34(31-17)22-8-6-20(29)7-9-22)15-18-13-19(28)5-10-24(18)33-12-11-32(16-25(27)33)23-4-2-3-21(30)14-23/h2-10,13-14,25H,11-12,15-16H2,1H3/t25-,27-/m0/s1. The fraction of sp³-hybridized carbons (Fsp3) is 0.259. The molecule has 0 aliphatic carbocycles. The zero-order chi connectivity index (χ0) is 24.3.